The summed E-state index contributed by atoms with van der Waals surface area (Å²) in [5.74, 6) is -0.258. The second-order valence-corrected chi connectivity index (χ2v) is 6.64. The number of aromatic nitrogens is 1. The van der Waals surface area contributed by atoms with Crippen LogP contribution >= 0.6 is 47.8 Å². The van der Waals surface area contributed by atoms with Gasteiger partial charge in [-0.1, -0.05) is 0 Å². The second kappa shape index (κ2) is 6.33. The molecule has 19 heavy (non-hydrogen) atoms. The predicted octanol–water partition coefficient (Wildman–Crippen LogP) is 5.43. The van der Waals surface area contributed by atoms with Gasteiger partial charge >= 0.3 is 0 Å². The van der Waals surface area contributed by atoms with Crippen LogP contribution in [-0.4, -0.2) is 4.98 Å². The molecule has 1 N–H and O–H groups in total. The van der Waals surface area contributed by atoms with Gasteiger partial charge in [0.2, 0.25) is 0 Å². The minimum Gasteiger partial charge on any atom is -0.379 e. The molecule has 0 aliphatic heterocycles. The van der Waals surface area contributed by atoms with Crippen LogP contribution in [0.1, 0.15) is 11.3 Å². The number of rotatable bonds is 3. The fourth-order valence-electron chi connectivity index (χ4n) is 1.59. The van der Waals surface area contributed by atoms with Crippen LogP contribution < -0.4 is 5.32 Å². The molecule has 0 spiro atoms. The van der Waals surface area contributed by atoms with Crippen molar-refractivity contribution in [1.82, 2.24) is 4.98 Å². The van der Waals surface area contributed by atoms with Crippen molar-refractivity contribution >= 4 is 53.5 Å². The van der Waals surface area contributed by atoms with Gasteiger partial charge in [-0.3, -0.25) is 4.98 Å². The van der Waals surface area contributed by atoms with E-state index in [1.54, 1.807) is 12.3 Å². The zero-order valence-electron chi connectivity index (χ0n) is 9.98. The van der Waals surface area contributed by atoms with Crippen LogP contribution in [0.25, 0.3) is 0 Å². The van der Waals surface area contributed by atoms with Crippen molar-refractivity contribution in [2.24, 2.45) is 0 Å². The molecule has 0 aliphatic carbocycles. The van der Waals surface area contributed by atoms with E-state index < -0.39 is 0 Å². The minimum atomic E-state index is -0.258. The first kappa shape index (κ1) is 14.9. The summed E-state index contributed by atoms with van der Waals surface area (Å²) in [4.78, 5) is 4.32. The molecule has 0 saturated heterocycles. The topological polar surface area (TPSA) is 24.9 Å². The number of aryl methyl sites for hydroxylation is 1. The maximum atomic E-state index is 13.3. The smallest absolute Gasteiger partial charge is 0.137 e. The van der Waals surface area contributed by atoms with Crippen LogP contribution in [0.3, 0.4) is 0 Å². The molecular weight excluding hydrogens is 443 g/mol. The second-order valence-electron chi connectivity index (χ2n) is 4.02. The van der Waals surface area contributed by atoms with Gasteiger partial charge in [0.25, 0.3) is 0 Å². The van der Waals surface area contributed by atoms with Gasteiger partial charge < -0.3 is 5.32 Å². The molecule has 1 heterocycles. The third-order valence-corrected chi connectivity index (χ3v) is 4.33. The van der Waals surface area contributed by atoms with Crippen LogP contribution in [0.5, 0.6) is 0 Å². The summed E-state index contributed by atoms with van der Waals surface area (Å²) < 4.78 is 15.6. The van der Waals surface area contributed by atoms with Crippen molar-refractivity contribution in [3.8, 4) is 0 Å². The van der Waals surface area contributed by atoms with E-state index in [4.69, 9.17) is 0 Å². The van der Waals surface area contributed by atoms with E-state index in [-0.39, 0.29) is 5.82 Å². The number of halogens is 4. The Bertz CT molecular complexity index is 617. The van der Waals surface area contributed by atoms with Gasteiger partial charge in [-0.25, -0.2) is 4.39 Å². The highest BCUT2D eigenvalue weighted by atomic mass is 79.9. The van der Waals surface area contributed by atoms with E-state index in [9.17, 15) is 4.39 Å². The lowest BCUT2D eigenvalue weighted by Crippen LogP contribution is -2.04. The van der Waals surface area contributed by atoms with E-state index in [1.165, 1.54) is 6.07 Å². The van der Waals surface area contributed by atoms with Crippen molar-refractivity contribution in [3.63, 3.8) is 0 Å². The standard InChI is InChI=1S/C13H10Br3FN2/c1-7-2-11(17)9(15)4-12(7)19-6-13-10(16)3-8(14)5-18-13/h2-5,19H,6H2,1H3. The minimum absolute atomic E-state index is 0.258. The maximum absolute atomic E-state index is 13.3. The molecule has 1 aromatic heterocycles. The van der Waals surface area contributed by atoms with Crippen molar-refractivity contribution in [1.29, 1.82) is 0 Å². The molecule has 0 radical (unpaired) electrons. The van der Waals surface area contributed by atoms with Gasteiger partial charge in [-0.05, 0) is 78.5 Å². The Morgan fingerprint density at radius 3 is 2.58 bits per heavy atom. The van der Waals surface area contributed by atoms with E-state index in [2.05, 4.69) is 58.1 Å². The van der Waals surface area contributed by atoms with E-state index in [0.29, 0.717) is 11.0 Å². The Hall–Kier alpha value is -0.460. The van der Waals surface area contributed by atoms with Crippen molar-refractivity contribution in [2.75, 3.05) is 5.32 Å². The lowest BCUT2D eigenvalue weighted by Gasteiger charge is -2.11. The molecule has 2 nitrogen and oxygen atoms in total. The van der Waals surface area contributed by atoms with Crippen molar-refractivity contribution in [3.05, 3.63) is 54.9 Å². The highest BCUT2D eigenvalue weighted by molar-refractivity contribution is 9.11. The Balaban J connectivity index is 2.16. The van der Waals surface area contributed by atoms with Crippen LogP contribution in [0, 0.1) is 12.7 Å². The molecule has 100 valence electrons. The molecule has 0 fully saturated rings. The molecule has 2 rings (SSSR count). The highest BCUT2D eigenvalue weighted by Gasteiger charge is 2.07. The van der Waals surface area contributed by atoms with Crippen molar-refractivity contribution < 1.29 is 4.39 Å². The number of nitrogens with one attached hydrogen (secondary N) is 1. The fourth-order valence-corrected chi connectivity index (χ4v) is 3.06. The molecule has 0 amide bonds. The summed E-state index contributed by atoms with van der Waals surface area (Å²) in [6, 6.07) is 5.17. The average molecular weight is 453 g/mol. The van der Waals surface area contributed by atoms with Gasteiger partial charge in [0.15, 0.2) is 0 Å². The summed E-state index contributed by atoms with van der Waals surface area (Å²) in [6.07, 6.45) is 1.75. The zero-order chi connectivity index (χ0) is 14.0. The number of hydrogen-bond donors (Lipinski definition) is 1. The number of benzene rings is 1. The summed E-state index contributed by atoms with van der Waals surface area (Å²) in [5, 5.41) is 3.25. The third kappa shape index (κ3) is 3.77. The Labute approximate surface area is 136 Å². The molecule has 0 aliphatic rings. The predicted molar refractivity (Wildman–Crippen MR) is 85.8 cm³/mol. The van der Waals surface area contributed by atoms with Gasteiger partial charge in [-0.15, -0.1) is 0 Å². The maximum Gasteiger partial charge on any atom is 0.137 e. The molecule has 2 aromatic rings. The zero-order valence-corrected chi connectivity index (χ0v) is 14.7. The largest absolute Gasteiger partial charge is 0.379 e. The monoisotopic (exact) mass is 450 g/mol. The molecule has 0 bridgehead atoms. The summed E-state index contributed by atoms with van der Waals surface area (Å²) in [6.45, 7) is 2.43. The van der Waals surface area contributed by atoms with Crippen LogP contribution in [0.15, 0.2) is 37.8 Å². The summed E-state index contributed by atoms with van der Waals surface area (Å²) >= 11 is 10.0. The average Bonchev–Trinajstić information content (AvgIpc) is 2.34. The van der Waals surface area contributed by atoms with Crippen LogP contribution in [0.4, 0.5) is 10.1 Å². The number of pyridine rings is 1. The Morgan fingerprint density at radius 1 is 1.16 bits per heavy atom. The number of anilines is 1. The first-order valence-electron chi connectivity index (χ1n) is 5.47. The normalized spacial score (nSPS) is 10.6. The van der Waals surface area contributed by atoms with Crippen LogP contribution in [-0.2, 0) is 6.54 Å². The molecule has 0 saturated carbocycles. The number of nitrogens with zero attached hydrogens (tertiary/aromatic N) is 1. The lowest BCUT2D eigenvalue weighted by molar-refractivity contribution is 0.620. The summed E-state index contributed by atoms with van der Waals surface area (Å²) in [7, 11) is 0. The molecular formula is C13H10Br3FN2. The van der Waals surface area contributed by atoms with Gasteiger partial charge in [-0.2, -0.15) is 0 Å². The molecule has 0 atom stereocenters. The van der Waals surface area contributed by atoms with Crippen molar-refractivity contribution in [2.45, 2.75) is 13.5 Å². The van der Waals surface area contributed by atoms with Gasteiger partial charge in [0, 0.05) is 20.8 Å². The van der Waals surface area contributed by atoms with Crippen LogP contribution in [0.2, 0.25) is 0 Å². The van der Waals surface area contributed by atoms with E-state index in [1.807, 2.05) is 13.0 Å². The lowest BCUT2D eigenvalue weighted by atomic mass is 10.2. The van der Waals surface area contributed by atoms with E-state index >= 15 is 0 Å². The van der Waals surface area contributed by atoms with Gasteiger partial charge in [0.05, 0.1) is 16.7 Å². The first-order valence-corrected chi connectivity index (χ1v) is 7.84. The molecule has 0 unspecified atom stereocenters. The number of hydrogen-bond acceptors (Lipinski definition) is 2. The SMILES string of the molecule is Cc1cc(F)c(Br)cc1NCc1ncc(Br)cc1Br. The third-order valence-electron chi connectivity index (χ3n) is 2.60. The summed E-state index contributed by atoms with van der Waals surface area (Å²) in [5.41, 5.74) is 2.63. The molecule has 6 heteroatoms. The molecule has 1 aromatic carbocycles. The fraction of sp³-hybridized carbons (Fsp3) is 0.154. The van der Waals surface area contributed by atoms with Gasteiger partial charge in [0.1, 0.15) is 5.82 Å². The Morgan fingerprint density at radius 2 is 1.89 bits per heavy atom. The Kier molecular flexibility index (Phi) is 4.97. The highest BCUT2D eigenvalue weighted by Crippen LogP contribution is 2.26. The first-order chi connectivity index (χ1) is 8.97. The van der Waals surface area contributed by atoms with E-state index in [0.717, 1.165) is 25.9 Å². The quantitative estimate of drug-likeness (QED) is 0.671.